The fourth-order valence-electron chi connectivity index (χ4n) is 1.65. The van der Waals surface area contributed by atoms with Crippen LogP contribution >= 0.6 is 0 Å². The molecule has 0 aliphatic rings. The second kappa shape index (κ2) is 4.04. The Balaban J connectivity index is 2.25. The van der Waals surface area contributed by atoms with Crippen molar-refractivity contribution < 1.29 is 5.11 Å². The van der Waals surface area contributed by atoms with E-state index in [0.29, 0.717) is 0 Å². The molecule has 0 spiro atoms. The van der Waals surface area contributed by atoms with E-state index in [1.165, 1.54) is 0 Å². The number of anilines is 1. The molecule has 2 aromatic rings. The number of nitrogens with zero attached hydrogens (tertiary/aromatic N) is 1. The number of aliphatic hydroxyl groups is 1. The van der Waals surface area contributed by atoms with Gasteiger partial charge in [0.25, 0.3) is 0 Å². The second-order valence-corrected chi connectivity index (χ2v) is 5.07. The van der Waals surface area contributed by atoms with Crippen molar-refractivity contribution in [2.75, 3.05) is 5.32 Å². The van der Waals surface area contributed by atoms with E-state index in [0.717, 1.165) is 22.5 Å². The Kier molecular flexibility index (Phi) is 2.83. The number of rotatable bonds is 3. The van der Waals surface area contributed by atoms with Gasteiger partial charge in [0.15, 0.2) is 0 Å². The molecule has 0 saturated carbocycles. The van der Waals surface area contributed by atoms with E-state index < -0.39 is 5.60 Å². The van der Waals surface area contributed by atoms with E-state index in [1.54, 1.807) is 13.8 Å². The van der Waals surface area contributed by atoms with Crippen molar-refractivity contribution in [1.29, 1.82) is 0 Å². The zero-order valence-electron chi connectivity index (χ0n) is 10.7. The van der Waals surface area contributed by atoms with Gasteiger partial charge in [-0.05, 0) is 45.9 Å². The van der Waals surface area contributed by atoms with Crippen LogP contribution in [0.1, 0.15) is 26.6 Å². The van der Waals surface area contributed by atoms with Crippen molar-refractivity contribution in [1.82, 2.24) is 9.97 Å². The van der Waals surface area contributed by atoms with Gasteiger partial charge in [-0.15, -0.1) is 0 Å². The largest absolute Gasteiger partial charge is 0.388 e. The number of aromatic nitrogens is 2. The highest BCUT2D eigenvalue weighted by Gasteiger charge is 2.21. The maximum Gasteiger partial charge on any atom is 0.104 e. The zero-order chi connectivity index (χ0) is 12.6. The summed E-state index contributed by atoms with van der Waals surface area (Å²) < 4.78 is 0. The SMILES string of the molecule is Cc1nc2ccc(NC(C)C(C)(C)O)cc2[nH]1. The summed E-state index contributed by atoms with van der Waals surface area (Å²) in [5.74, 6) is 0.910. The molecule has 3 N–H and O–H groups in total. The molecule has 0 aliphatic heterocycles. The van der Waals surface area contributed by atoms with Crippen LogP contribution < -0.4 is 5.32 Å². The number of aromatic amines is 1. The summed E-state index contributed by atoms with van der Waals surface area (Å²) in [4.78, 5) is 7.55. The molecule has 0 radical (unpaired) electrons. The Morgan fingerprint density at radius 2 is 2.12 bits per heavy atom. The van der Waals surface area contributed by atoms with Gasteiger partial charge in [0.2, 0.25) is 0 Å². The van der Waals surface area contributed by atoms with Crippen molar-refractivity contribution in [3.8, 4) is 0 Å². The Labute approximate surface area is 101 Å². The highest BCUT2D eigenvalue weighted by Crippen LogP contribution is 2.20. The first kappa shape index (κ1) is 11.9. The monoisotopic (exact) mass is 233 g/mol. The third kappa shape index (κ3) is 2.58. The van der Waals surface area contributed by atoms with E-state index in [9.17, 15) is 5.11 Å². The zero-order valence-corrected chi connectivity index (χ0v) is 10.7. The van der Waals surface area contributed by atoms with E-state index in [4.69, 9.17) is 0 Å². The molecule has 1 heterocycles. The maximum atomic E-state index is 9.88. The molecule has 0 aliphatic carbocycles. The number of hydrogen-bond acceptors (Lipinski definition) is 3. The van der Waals surface area contributed by atoms with Gasteiger partial charge >= 0.3 is 0 Å². The minimum Gasteiger partial charge on any atom is -0.388 e. The molecule has 1 unspecified atom stereocenters. The number of benzene rings is 1. The molecule has 1 aromatic carbocycles. The second-order valence-electron chi connectivity index (χ2n) is 5.07. The molecule has 4 heteroatoms. The van der Waals surface area contributed by atoms with E-state index >= 15 is 0 Å². The van der Waals surface area contributed by atoms with Crippen LogP contribution in [-0.4, -0.2) is 26.7 Å². The lowest BCUT2D eigenvalue weighted by Gasteiger charge is -2.27. The Morgan fingerprint density at radius 1 is 1.41 bits per heavy atom. The van der Waals surface area contributed by atoms with Gasteiger partial charge in [0, 0.05) is 5.69 Å². The fourth-order valence-corrected chi connectivity index (χ4v) is 1.65. The Morgan fingerprint density at radius 3 is 2.76 bits per heavy atom. The molecule has 2 rings (SSSR count). The van der Waals surface area contributed by atoms with Crippen molar-refractivity contribution in [3.05, 3.63) is 24.0 Å². The van der Waals surface area contributed by atoms with Gasteiger partial charge in [0.1, 0.15) is 5.82 Å². The Bertz CT molecular complexity index is 525. The van der Waals surface area contributed by atoms with Crippen LogP contribution in [-0.2, 0) is 0 Å². The predicted molar refractivity (Wildman–Crippen MR) is 70.2 cm³/mol. The number of aryl methyl sites for hydroxylation is 1. The molecule has 4 nitrogen and oxygen atoms in total. The molecule has 0 fully saturated rings. The number of imidazole rings is 1. The maximum absolute atomic E-state index is 9.88. The summed E-state index contributed by atoms with van der Waals surface area (Å²) in [5.41, 5.74) is 2.20. The summed E-state index contributed by atoms with van der Waals surface area (Å²) in [6.45, 7) is 7.49. The minimum absolute atomic E-state index is 0.0241. The third-order valence-electron chi connectivity index (χ3n) is 3.04. The summed E-state index contributed by atoms with van der Waals surface area (Å²) in [5, 5.41) is 13.2. The molecule has 17 heavy (non-hydrogen) atoms. The quantitative estimate of drug-likeness (QED) is 0.763. The van der Waals surface area contributed by atoms with Crippen LogP contribution in [0.4, 0.5) is 5.69 Å². The van der Waals surface area contributed by atoms with E-state index in [1.807, 2.05) is 32.0 Å². The van der Waals surface area contributed by atoms with Crippen molar-refractivity contribution >= 4 is 16.7 Å². The number of nitrogens with one attached hydrogen (secondary N) is 2. The third-order valence-corrected chi connectivity index (χ3v) is 3.04. The lowest BCUT2D eigenvalue weighted by molar-refractivity contribution is 0.0649. The predicted octanol–water partition coefficient (Wildman–Crippen LogP) is 2.44. The van der Waals surface area contributed by atoms with Gasteiger partial charge in [0.05, 0.1) is 22.7 Å². The summed E-state index contributed by atoms with van der Waals surface area (Å²) in [6.07, 6.45) is 0. The topological polar surface area (TPSA) is 60.9 Å². The number of fused-ring (bicyclic) bond motifs is 1. The first-order valence-corrected chi connectivity index (χ1v) is 5.81. The molecule has 1 aromatic heterocycles. The Hall–Kier alpha value is -1.55. The summed E-state index contributed by atoms with van der Waals surface area (Å²) in [6, 6.07) is 5.93. The van der Waals surface area contributed by atoms with Gasteiger partial charge < -0.3 is 15.4 Å². The minimum atomic E-state index is -0.751. The smallest absolute Gasteiger partial charge is 0.104 e. The molecular formula is C13H19N3O. The van der Waals surface area contributed by atoms with Crippen LogP contribution in [0.25, 0.3) is 11.0 Å². The normalized spacial score (nSPS) is 13.9. The van der Waals surface area contributed by atoms with Crippen LogP contribution in [0.3, 0.4) is 0 Å². The highest BCUT2D eigenvalue weighted by molar-refractivity contribution is 5.79. The molecular weight excluding hydrogens is 214 g/mol. The molecule has 0 bridgehead atoms. The van der Waals surface area contributed by atoms with Crippen LogP contribution in [0, 0.1) is 6.92 Å². The standard InChI is InChI=1S/C13H19N3O/c1-8(13(3,4)17)14-10-5-6-11-12(7-10)16-9(2)15-11/h5-8,14,17H,1-4H3,(H,15,16). The highest BCUT2D eigenvalue weighted by atomic mass is 16.3. The lowest BCUT2D eigenvalue weighted by Crippen LogP contribution is -2.39. The molecule has 0 amide bonds. The van der Waals surface area contributed by atoms with E-state index in [2.05, 4.69) is 15.3 Å². The molecule has 92 valence electrons. The number of H-pyrrole nitrogens is 1. The van der Waals surface area contributed by atoms with Crippen molar-refractivity contribution in [3.63, 3.8) is 0 Å². The molecule has 1 atom stereocenters. The van der Waals surface area contributed by atoms with Crippen LogP contribution in [0.2, 0.25) is 0 Å². The molecule has 0 saturated heterocycles. The fraction of sp³-hybridized carbons (Fsp3) is 0.462. The van der Waals surface area contributed by atoms with Crippen molar-refractivity contribution in [2.45, 2.75) is 39.3 Å². The van der Waals surface area contributed by atoms with Gasteiger partial charge in [-0.25, -0.2) is 4.98 Å². The first-order valence-electron chi connectivity index (χ1n) is 5.81. The summed E-state index contributed by atoms with van der Waals surface area (Å²) >= 11 is 0. The van der Waals surface area contributed by atoms with E-state index in [-0.39, 0.29) is 6.04 Å². The van der Waals surface area contributed by atoms with Gasteiger partial charge in [-0.2, -0.15) is 0 Å². The number of hydrogen-bond donors (Lipinski definition) is 3. The van der Waals surface area contributed by atoms with Gasteiger partial charge in [-0.3, -0.25) is 0 Å². The van der Waals surface area contributed by atoms with Crippen LogP contribution in [0.5, 0.6) is 0 Å². The summed E-state index contributed by atoms with van der Waals surface area (Å²) in [7, 11) is 0. The average Bonchev–Trinajstić information content (AvgIpc) is 2.55. The average molecular weight is 233 g/mol. The lowest BCUT2D eigenvalue weighted by atomic mass is 10.0. The first-order chi connectivity index (χ1) is 7.86. The van der Waals surface area contributed by atoms with Gasteiger partial charge in [-0.1, -0.05) is 0 Å². The van der Waals surface area contributed by atoms with Crippen molar-refractivity contribution in [2.24, 2.45) is 0 Å². The van der Waals surface area contributed by atoms with Crippen LogP contribution in [0.15, 0.2) is 18.2 Å².